The third-order valence-electron chi connectivity index (χ3n) is 4.49. The van der Waals surface area contributed by atoms with Crippen LogP contribution in [0.25, 0.3) is 0 Å². The molecule has 1 saturated heterocycles. The number of carbonyl (C=O) groups excluding carboxylic acids is 1. The second kappa shape index (κ2) is 5.29. The van der Waals surface area contributed by atoms with Gasteiger partial charge in [0.15, 0.2) is 0 Å². The topological polar surface area (TPSA) is 53.4 Å². The Bertz CT molecular complexity index is 449. The fraction of sp³-hybridized carbons (Fsp3) is 0.600. The lowest BCUT2D eigenvalue weighted by molar-refractivity contribution is 0.0527. The Morgan fingerprint density at radius 1 is 1.32 bits per heavy atom. The molecule has 1 aromatic rings. The highest BCUT2D eigenvalue weighted by Gasteiger charge is 2.40. The number of aliphatic hydroxyl groups excluding tert-OH is 1. The Morgan fingerprint density at radius 2 is 2.21 bits per heavy atom. The van der Waals surface area contributed by atoms with Crippen molar-refractivity contribution in [3.63, 3.8) is 0 Å². The summed E-state index contributed by atoms with van der Waals surface area (Å²) in [7, 11) is 0. The second-order valence-electron chi connectivity index (χ2n) is 5.61. The molecule has 3 atom stereocenters. The van der Waals surface area contributed by atoms with Gasteiger partial charge in [-0.05, 0) is 37.8 Å². The standard InChI is InChI=1S/C15H20N2O2/c18-14-7-1-5-12(14)13-6-3-9-17(13)15(19)11-4-2-8-16-10-11/h2,4,8,10,12-14,18H,1,3,5-7,9H2. The molecule has 2 aliphatic rings. The minimum absolute atomic E-state index is 0.0645. The molecular formula is C15H20N2O2. The van der Waals surface area contributed by atoms with Crippen LogP contribution in [0.1, 0.15) is 42.5 Å². The van der Waals surface area contributed by atoms with Gasteiger partial charge >= 0.3 is 0 Å². The SMILES string of the molecule is O=C(c1cccnc1)N1CCCC1C1CCCC1O. The summed E-state index contributed by atoms with van der Waals surface area (Å²) in [5.74, 6) is 0.331. The number of likely N-dealkylation sites (tertiary alicyclic amines) is 1. The van der Waals surface area contributed by atoms with Crippen LogP contribution >= 0.6 is 0 Å². The molecule has 0 spiro atoms. The van der Waals surface area contributed by atoms with Crippen molar-refractivity contribution in [2.75, 3.05) is 6.54 Å². The number of aromatic nitrogens is 1. The molecule has 1 amide bonds. The molecule has 4 heteroatoms. The van der Waals surface area contributed by atoms with E-state index in [1.807, 2.05) is 11.0 Å². The molecule has 2 fully saturated rings. The second-order valence-corrected chi connectivity index (χ2v) is 5.61. The fourth-order valence-corrected chi connectivity index (χ4v) is 3.56. The maximum atomic E-state index is 12.5. The first-order valence-corrected chi connectivity index (χ1v) is 7.16. The van der Waals surface area contributed by atoms with Gasteiger partial charge in [0, 0.05) is 30.9 Å². The maximum Gasteiger partial charge on any atom is 0.255 e. The zero-order valence-corrected chi connectivity index (χ0v) is 11.0. The monoisotopic (exact) mass is 260 g/mol. The smallest absolute Gasteiger partial charge is 0.255 e. The van der Waals surface area contributed by atoms with Crippen molar-refractivity contribution in [2.45, 2.75) is 44.2 Å². The Labute approximate surface area is 113 Å². The summed E-state index contributed by atoms with van der Waals surface area (Å²) < 4.78 is 0. The van der Waals surface area contributed by atoms with E-state index in [4.69, 9.17) is 0 Å². The average Bonchev–Trinajstić information content (AvgIpc) is 3.07. The zero-order chi connectivity index (χ0) is 13.2. The number of rotatable bonds is 2. The summed E-state index contributed by atoms with van der Waals surface area (Å²) in [5, 5.41) is 10.1. The van der Waals surface area contributed by atoms with E-state index in [0.29, 0.717) is 5.56 Å². The van der Waals surface area contributed by atoms with Crippen molar-refractivity contribution >= 4 is 5.91 Å². The van der Waals surface area contributed by atoms with Gasteiger partial charge in [0.1, 0.15) is 0 Å². The third kappa shape index (κ3) is 2.37. The Hall–Kier alpha value is -1.42. The number of hydrogen-bond donors (Lipinski definition) is 1. The number of amides is 1. The number of aliphatic hydroxyl groups is 1. The van der Waals surface area contributed by atoms with E-state index in [9.17, 15) is 9.90 Å². The summed E-state index contributed by atoms with van der Waals surface area (Å²) in [5.41, 5.74) is 0.655. The molecule has 19 heavy (non-hydrogen) atoms. The highest BCUT2D eigenvalue weighted by atomic mass is 16.3. The molecule has 0 bridgehead atoms. The number of hydrogen-bond acceptors (Lipinski definition) is 3. The lowest BCUT2D eigenvalue weighted by Gasteiger charge is -2.31. The molecule has 4 nitrogen and oxygen atoms in total. The Balaban J connectivity index is 1.78. The lowest BCUT2D eigenvalue weighted by atomic mass is 9.94. The van der Waals surface area contributed by atoms with Crippen LogP contribution in [-0.4, -0.2) is 39.6 Å². The van der Waals surface area contributed by atoms with Crippen molar-refractivity contribution < 1.29 is 9.90 Å². The highest BCUT2D eigenvalue weighted by molar-refractivity contribution is 5.94. The predicted molar refractivity (Wildman–Crippen MR) is 71.6 cm³/mol. The highest BCUT2D eigenvalue weighted by Crippen LogP contribution is 2.36. The van der Waals surface area contributed by atoms with E-state index >= 15 is 0 Å². The molecule has 2 heterocycles. The molecule has 102 valence electrons. The summed E-state index contributed by atoms with van der Waals surface area (Å²) in [6.45, 7) is 0.807. The van der Waals surface area contributed by atoms with Crippen LogP contribution in [0.4, 0.5) is 0 Å². The van der Waals surface area contributed by atoms with E-state index in [1.165, 1.54) is 0 Å². The molecule has 1 saturated carbocycles. The molecule has 1 N–H and O–H groups in total. The van der Waals surface area contributed by atoms with Crippen LogP contribution in [0.3, 0.4) is 0 Å². The minimum atomic E-state index is -0.229. The Morgan fingerprint density at radius 3 is 2.89 bits per heavy atom. The number of pyridine rings is 1. The van der Waals surface area contributed by atoms with Gasteiger partial charge < -0.3 is 10.0 Å². The first kappa shape index (κ1) is 12.6. The molecule has 0 aromatic carbocycles. The van der Waals surface area contributed by atoms with Crippen LogP contribution in [0, 0.1) is 5.92 Å². The lowest BCUT2D eigenvalue weighted by Crippen LogP contribution is -2.42. The van der Waals surface area contributed by atoms with E-state index in [1.54, 1.807) is 18.5 Å². The van der Waals surface area contributed by atoms with E-state index in [0.717, 1.165) is 38.6 Å². The fourth-order valence-electron chi connectivity index (χ4n) is 3.56. The van der Waals surface area contributed by atoms with Crippen molar-refractivity contribution in [1.82, 2.24) is 9.88 Å². The minimum Gasteiger partial charge on any atom is -0.393 e. The molecule has 1 aliphatic heterocycles. The predicted octanol–water partition coefficient (Wildman–Crippen LogP) is 1.85. The van der Waals surface area contributed by atoms with Gasteiger partial charge in [-0.1, -0.05) is 6.42 Å². The molecule has 3 unspecified atom stereocenters. The van der Waals surface area contributed by atoms with Crippen molar-refractivity contribution in [2.24, 2.45) is 5.92 Å². The van der Waals surface area contributed by atoms with Gasteiger partial charge in [0.2, 0.25) is 0 Å². The van der Waals surface area contributed by atoms with Crippen LogP contribution in [0.2, 0.25) is 0 Å². The summed E-state index contributed by atoms with van der Waals surface area (Å²) in [6, 6.07) is 3.82. The maximum absolute atomic E-state index is 12.5. The van der Waals surface area contributed by atoms with E-state index in [2.05, 4.69) is 4.98 Å². The van der Waals surface area contributed by atoms with Crippen LogP contribution in [0.5, 0.6) is 0 Å². The zero-order valence-electron chi connectivity index (χ0n) is 11.0. The van der Waals surface area contributed by atoms with Crippen molar-refractivity contribution in [3.05, 3.63) is 30.1 Å². The summed E-state index contributed by atoms with van der Waals surface area (Å²) in [4.78, 5) is 18.5. The molecule has 1 aromatic heterocycles. The number of carbonyl (C=O) groups is 1. The number of nitrogens with zero attached hydrogens (tertiary/aromatic N) is 2. The van der Waals surface area contributed by atoms with E-state index < -0.39 is 0 Å². The van der Waals surface area contributed by atoms with Gasteiger partial charge in [0.25, 0.3) is 5.91 Å². The third-order valence-corrected chi connectivity index (χ3v) is 4.49. The Kier molecular flexibility index (Phi) is 3.51. The summed E-state index contributed by atoms with van der Waals surface area (Å²) in [6.07, 6.45) is 8.15. The van der Waals surface area contributed by atoms with Gasteiger partial charge in [-0.2, -0.15) is 0 Å². The molecular weight excluding hydrogens is 240 g/mol. The van der Waals surface area contributed by atoms with Crippen LogP contribution in [-0.2, 0) is 0 Å². The molecule has 1 aliphatic carbocycles. The van der Waals surface area contributed by atoms with Crippen LogP contribution in [0.15, 0.2) is 24.5 Å². The van der Waals surface area contributed by atoms with Crippen molar-refractivity contribution in [3.8, 4) is 0 Å². The largest absolute Gasteiger partial charge is 0.393 e. The first-order chi connectivity index (χ1) is 9.27. The van der Waals surface area contributed by atoms with Gasteiger partial charge in [-0.25, -0.2) is 0 Å². The average molecular weight is 260 g/mol. The van der Waals surface area contributed by atoms with Crippen molar-refractivity contribution in [1.29, 1.82) is 0 Å². The summed E-state index contributed by atoms with van der Waals surface area (Å²) >= 11 is 0. The molecule has 0 radical (unpaired) electrons. The normalized spacial score (nSPS) is 30.8. The van der Waals surface area contributed by atoms with Gasteiger partial charge in [0.05, 0.1) is 11.7 Å². The molecule has 3 rings (SSSR count). The first-order valence-electron chi connectivity index (χ1n) is 7.16. The van der Waals surface area contributed by atoms with E-state index in [-0.39, 0.29) is 24.0 Å². The van der Waals surface area contributed by atoms with Crippen LogP contribution < -0.4 is 0 Å². The quantitative estimate of drug-likeness (QED) is 0.883. The van der Waals surface area contributed by atoms with Gasteiger partial charge in [-0.15, -0.1) is 0 Å². The van der Waals surface area contributed by atoms with Gasteiger partial charge in [-0.3, -0.25) is 9.78 Å².